The van der Waals surface area contributed by atoms with Crippen LogP contribution in [0.3, 0.4) is 0 Å². The second-order valence-corrected chi connectivity index (χ2v) is 7.93. The van der Waals surface area contributed by atoms with Crippen molar-refractivity contribution >= 4 is 22.4 Å². The van der Waals surface area contributed by atoms with Gasteiger partial charge in [0.25, 0.3) is 0 Å². The van der Waals surface area contributed by atoms with Gasteiger partial charge in [0.1, 0.15) is 0 Å². The Kier molecular flexibility index (Phi) is 4.46. The Labute approximate surface area is 150 Å². The van der Waals surface area contributed by atoms with E-state index in [9.17, 15) is 9.18 Å². The smallest absolute Gasteiger partial charge is 0.226 e. The lowest BCUT2D eigenvalue weighted by molar-refractivity contribution is -0.117. The zero-order chi connectivity index (χ0) is 17.4. The highest BCUT2D eigenvalue weighted by Crippen LogP contribution is 2.49. The minimum absolute atomic E-state index is 0.0411. The molecule has 2 aliphatic rings. The van der Waals surface area contributed by atoms with E-state index >= 15 is 0 Å². The SMILES string of the molecule is COc1ccc(-c2csc(NC(=O)C[C@@H]3C[C@H]4CC[C@H]3C4)n2)cc1F. The molecule has 25 heavy (non-hydrogen) atoms. The topological polar surface area (TPSA) is 51.2 Å². The molecule has 2 fully saturated rings. The number of methoxy groups -OCH3 is 1. The molecule has 2 bridgehead atoms. The minimum Gasteiger partial charge on any atom is -0.494 e. The van der Waals surface area contributed by atoms with Gasteiger partial charge in [-0.05, 0) is 55.2 Å². The minimum atomic E-state index is -0.421. The highest BCUT2D eigenvalue weighted by atomic mass is 32.1. The van der Waals surface area contributed by atoms with E-state index in [2.05, 4.69) is 10.3 Å². The van der Waals surface area contributed by atoms with E-state index in [1.165, 1.54) is 50.2 Å². The van der Waals surface area contributed by atoms with Crippen molar-refractivity contribution in [3.05, 3.63) is 29.4 Å². The quantitative estimate of drug-likeness (QED) is 0.839. The number of nitrogens with one attached hydrogen (secondary N) is 1. The van der Waals surface area contributed by atoms with Gasteiger partial charge in [-0.15, -0.1) is 11.3 Å². The molecule has 6 heteroatoms. The van der Waals surface area contributed by atoms with Gasteiger partial charge >= 0.3 is 0 Å². The molecule has 1 heterocycles. The first-order valence-electron chi connectivity index (χ1n) is 8.71. The van der Waals surface area contributed by atoms with Crippen LogP contribution < -0.4 is 10.1 Å². The van der Waals surface area contributed by atoms with Crippen molar-refractivity contribution < 1.29 is 13.9 Å². The molecular weight excluding hydrogens is 339 g/mol. The zero-order valence-electron chi connectivity index (χ0n) is 14.1. The van der Waals surface area contributed by atoms with Gasteiger partial charge in [-0.1, -0.05) is 6.42 Å². The van der Waals surface area contributed by atoms with Gasteiger partial charge in [-0.3, -0.25) is 4.79 Å². The highest BCUT2D eigenvalue weighted by molar-refractivity contribution is 7.14. The summed E-state index contributed by atoms with van der Waals surface area (Å²) in [4.78, 5) is 16.7. The Balaban J connectivity index is 1.39. The average Bonchev–Trinajstić information content (AvgIpc) is 3.31. The third-order valence-electron chi connectivity index (χ3n) is 5.53. The van der Waals surface area contributed by atoms with Crippen LogP contribution in [-0.2, 0) is 4.79 Å². The molecule has 0 spiro atoms. The number of hydrogen-bond acceptors (Lipinski definition) is 4. The maximum absolute atomic E-state index is 13.8. The number of aromatic nitrogens is 1. The average molecular weight is 360 g/mol. The van der Waals surface area contributed by atoms with Crippen LogP contribution >= 0.6 is 11.3 Å². The fourth-order valence-corrected chi connectivity index (χ4v) is 5.06. The van der Waals surface area contributed by atoms with Crippen LogP contribution in [-0.4, -0.2) is 18.0 Å². The summed E-state index contributed by atoms with van der Waals surface area (Å²) in [6.07, 6.45) is 5.73. The lowest BCUT2D eigenvalue weighted by Crippen LogP contribution is -2.20. The molecule has 1 N–H and O–H groups in total. The largest absolute Gasteiger partial charge is 0.494 e. The number of anilines is 1. The summed E-state index contributed by atoms with van der Waals surface area (Å²) in [6, 6.07) is 4.74. The monoisotopic (exact) mass is 360 g/mol. The van der Waals surface area contributed by atoms with E-state index < -0.39 is 5.82 Å². The van der Waals surface area contributed by atoms with E-state index in [0.29, 0.717) is 28.7 Å². The molecule has 132 valence electrons. The molecule has 0 radical (unpaired) electrons. The van der Waals surface area contributed by atoms with E-state index in [4.69, 9.17) is 4.74 Å². The zero-order valence-corrected chi connectivity index (χ0v) is 14.9. The van der Waals surface area contributed by atoms with Crippen molar-refractivity contribution in [1.82, 2.24) is 4.98 Å². The van der Waals surface area contributed by atoms with Crippen molar-refractivity contribution in [2.75, 3.05) is 12.4 Å². The predicted molar refractivity (Wildman–Crippen MR) is 96.2 cm³/mol. The summed E-state index contributed by atoms with van der Waals surface area (Å²) in [5, 5.41) is 5.30. The normalized spacial score (nSPS) is 24.5. The Morgan fingerprint density at radius 2 is 2.28 bits per heavy atom. The number of thiazole rings is 1. The summed E-state index contributed by atoms with van der Waals surface area (Å²) in [7, 11) is 1.44. The first-order valence-corrected chi connectivity index (χ1v) is 9.59. The van der Waals surface area contributed by atoms with Gasteiger partial charge in [-0.25, -0.2) is 9.37 Å². The highest BCUT2D eigenvalue weighted by Gasteiger charge is 2.40. The molecule has 1 aromatic heterocycles. The van der Waals surface area contributed by atoms with E-state index in [0.717, 1.165) is 11.8 Å². The molecular formula is C19H21FN2O2S. The van der Waals surface area contributed by atoms with Gasteiger partial charge in [-0.2, -0.15) is 0 Å². The molecule has 1 aromatic carbocycles. The van der Waals surface area contributed by atoms with Crippen molar-refractivity contribution in [2.45, 2.75) is 32.1 Å². The molecule has 2 saturated carbocycles. The van der Waals surface area contributed by atoms with Crippen molar-refractivity contribution in [3.8, 4) is 17.0 Å². The third-order valence-corrected chi connectivity index (χ3v) is 6.29. The third kappa shape index (κ3) is 3.40. The molecule has 2 aromatic rings. The van der Waals surface area contributed by atoms with Crippen LogP contribution in [0.25, 0.3) is 11.3 Å². The number of carbonyl (C=O) groups is 1. The summed E-state index contributed by atoms with van der Waals surface area (Å²) in [6.45, 7) is 0. The summed E-state index contributed by atoms with van der Waals surface area (Å²) < 4.78 is 18.8. The van der Waals surface area contributed by atoms with E-state index in [1.807, 2.05) is 5.38 Å². The fraction of sp³-hybridized carbons (Fsp3) is 0.474. The molecule has 1 amide bonds. The van der Waals surface area contributed by atoms with Crippen LogP contribution in [0.5, 0.6) is 5.75 Å². The lowest BCUT2D eigenvalue weighted by atomic mass is 9.86. The van der Waals surface area contributed by atoms with Gasteiger partial charge in [0, 0.05) is 17.4 Å². The van der Waals surface area contributed by atoms with Gasteiger partial charge in [0.05, 0.1) is 12.8 Å². The Bertz CT molecular complexity index is 791. The van der Waals surface area contributed by atoms with Crippen LogP contribution in [0, 0.1) is 23.6 Å². The van der Waals surface area contributed by atoms with Crippen LogP contribution in [0.1, 0.15) is 32.1 Å². The number of fused-ring (bicyclic) bond motifs is 2. The lowest BCUT2D eigenvalue weighted by Gasteiger charge is -2.20. The second kappa shape index (κ2) is 6.75. The molecule has 4 rings (SSSR count). The molecule has 3 atom stereocenters. The summed E-state index contributed by atoms with van der Waals surface area (Å²) in [5.41, 5.74) is 1.32. The first kappa shape index (κ1) is 16.5. The van der Waals surface area contributed by atoms with E-state index in [1.54, 1.807) is 12.1 Å². The van der Waals surface area contributed by atoms with Crippen molar-refractivity contribution in [3.63, 3.8) is 0 Å². The van der Waals surface area contributed by atoms with Gasteiger partial charge < -0.3 is 10.1 Å². The van der Waals surface area contributed by atoms with Gasteiger partial charge in [0.15, 0.2) is 16.7 Å². The van der Waals surface area contributed by atoms with E-state index in [-0.39, 0.29) is 11.7 Å². The number of benzene rings is 1. The number of amides is 1. The van der Waals surface area contributed by atoms with Crippen LogP contribution in [0.15, 0.2) is 23.6 Å². The number of halogens is 1. The Hall–Kier alpha value is -1.95. The molecule has 4 nitrogen and oxygen atoms in total. The number of nitrogens with zero attached hydrogens (tertiary/aromatic N) is 1. The Morgan fingerprint density at radius 3 is 2.96 bits per heavy atom. The Morgan fingerprint density at radius 1 is 1.40 bits per heavy atom. The molecule has 0 aliphatic heterocycles. The standard InChI is InChI=1S/C19H21FN2O2S/c1-24-17-5-4-13(8-15(17)20)16-10-25-19(21-16)22-18(23)9-14-7-11-2-3-12(14)6-11/h4-5,8,10-12,14H,2-3,6-7,9H2,1H3,(H,21,22,23)/t11-,12-,14-/m0/s1. The first-order chi connectivity index (χ1) is 12.1. The molecule has 2 aliphatic carbocycles. The van der Waals surface area contributed by atoms with Crippen LogP contribution in [0.4, 0.5) is 9.52 Å². The van der Waals surface area contributed by atoms with Gasteiger partial charge in [0.2, 0.25) is 5.91 Å². The summed E-state index contributed by atoms with van der Waals surface area (Å²) >= 11 is 1.37. The second-order valence-electron chi connectivity index (χ2n) is 7.07. The predicted octanol–water partition coefficient (Wildman–Crippen LogP) is 4.72. The molecule has 0 saturated heterocycles. The maximum atomic E-state index is 13.8. The number of hydrogen-bond donors (Lipinski definition) is 1. The number of rotatable bonds is 5. The molecule has 0 unspecified atom stereocenters. The van der Waals surface area contributed by atoms with Crippen LogP contribution in [0.2, 0.25) is 0 Å². The number of carbonyl (C=O) groups excluding carboxylic acids is 1. The maximum Gasteiger partial charge on any atom is 0.226 e. The number of ether oxygens (including phenoxy) is 1. The van der Waals surface area contributed by atoms with Crippen molar-refractivity contribution in [2.24, 2.45) is 17.8 Å². The fourth-order valence-electron chi connectivity index (χ4n) is 4.32. The van der Waals surface area contributed by atoms with Crippen molar-refractivity contribution in [1.29, 1.82) is 0 Å². The summed E-state index contributed by atoms with van der Waals surface area (Å²) in [5.74, 6) is 1.95.